The number of anilines is 2. The molecule has 2 heterocycles. The van der Waals surface area contributed by atoms with Crippen molar-refractivity contribution < 1.29 is 14.1 Å². The molecule has 0 saturated carbocycles. The molecule has 0 aliphatic rings. The maximum atomic E-state index is 12.1. The standard InChI is InChI=1S/C17H17N5O3/c1-11-7-15(22-25-11)21-17(23)13-9-20-16(10-18-13)19-8-12-5-3-4-6-14(12)24-2/h3-7,9-10H,8H2,1-2H3,(H,19,20)(H,21,22,23). The number of carbonyl (C=O) groups excluding carboxylic acids is 1. The van der Waals surface area contributed by atoms with Crippen LogP contribution in [0.5, 0.6) is 5.75 Å². The molecule has 0 fully saturated rings. The molecule has 0 aliphatic heterocycles. The number of para-hydroxylation sites is 1. The van der Waals surface area contributed by atoms with Crippen molar-refractivity contribution >= 4 is 17.5 Å². The molecule has 8 heteroatoms. The maximum Gasteiger partial charge on any atom is 0.277 e. The van der Waals surface area contributed by atoms with Gasteiger partial charge in [0.15, 0.2) is 5.82 Å². The molecule has 2 N–H and O–H groups in total. The average molecular weight is 339 g/mol. The van der Waals surface area contributed by atoms with Crippen LogP contribution in [-0.4, -0.2) is 28.1 Å². The molecule has 2 aromatic heterocycles. The molecule has 128 valence electrons. The van der Waals surface area contributed by atoms with E-state index in [-0.39, 0.29) is 5.69 Å². The summed E-state index contributed by atoms with van der Waals surface area (Å²) in [5, 5.41) is 9.43. The average Bonchev–Trinajstić information content (AvgIpc) is 3.05. The van der Waals surface area contributed by atoms with Crippen LogP contribution in [0.25, 0.3) is 0 Å². The zero-order chi connectivity index (χ0) is 17.6. The third-order valence-electron chi connectivity index (χ3n) is 3.41. The highest BCUT2D eigenvalue weighted by Crippen LogP contribution is 2.18. The molecule has 8 nitrogen and oxygen atoms in total. The Bertz CT molecular complexity index is 861. The van der Waals surface area contributed by atoms with E-state index >= 15 is 0 Å². The fourth-order valence-electron chi connectivity index (χ4n) is 2.18. The normalized spacial score (nSPS) is 10.3. The monoisotopic (exact) mass is 339 g/mol. The number of aromatic nitrogens is 3. The first-order valence-corrected chi connectivity index (χ1v) is 7.58. The molecule has 1 aromatic carbocycles. The van der Waals surface area contributed by atoms with Gasteiger partial charge >= 0.3 is 0 Å². The van der Waals surface area contributed by atoms with Crippen molar-refractivity contribution in [3.05, 3.63) is 59.7 Å². The van der Waals surface area contributed by atoms with E-state index < -0.39 is 5.91 Å². The highest BCUT2D eigenvalue weighted by molar-refractivity contribution is 6.02. The van der Waals surface area contributed by atoms with E-state index in [9.17, 15) is 4.79 Å². The number of hydrogen-bond acceptors (Lipinski definition) is 7. The van der Waals surface area contributed by atoms with E-state index in [0.29, 0.717) is 23.9 Å². The van der Waals surface area contributed by atoms with Gasteiger partial charge in [-0.05, 0) is 13.0 Å². The Labute approximate surface area is 144 Å². The van der Waals surface area contributed by atoms with Gasteiger partial charge < -0.3 is 19.9 Å². The zero-order valence-electron chi connectivity index (χ0n) is 13.8. The Kier molecular flexibility index (Phi) is 4.89. The number of amides is 1. The molecular formula is C17H17N5O3. The lowest BCUT2D eigenvalue weighted by Crippen LogP contribution is -2.14. The first kappa shape index (κ1) is 16.4. The Hall–Kier alpha value is -3.42. The second-order valence-corrected chi connectivity index (χ2v) is 5.23. The van der Waals surface area contributed by atoms with Gasteiger partial charge in [-0.25, -0.2) is 9.97 Å². The molecule has 3 aromatic rings. The SMILES string of the molecule is COc1ccccc1CNc1cnc(C(=O)Nc2cc(C)on2)cn1. The molecule has 0 saturated heterocycles. The van der Waals surface area contributed by atoms with Crippen LogP contribution in [0.4, 0.5) is 11.6 Å². The number of aryl methyl sites for hydroxylation is 1. The van der Waals surface area contributed by atoms with E-state index in [1.54, 1.807) is 20.1 Å². The molecule has 0 aliphatic carbocycles. The number of rotatable bonds is 6. The van der Waals surface area contributed by atoms with Gasteiger partial charge in [0, 0.05) is 18.2 Å². The summed E-state index contributed by atoms with van der Waals surface area (Å²) in [6.07, 6.45) is 2.89. The van der Waals surface area contributed by atoms with Gasteiger partial charge in [-0.1, -0.05) is 23.4 Å². The molecule has 3 rings (SSSR count). The second kappa shape index (κ2) is 7.43. The molecule has 1 amide bonds. The van der Waals surface area contributed by atoms with Crippen molar-refractivity contribution in [2.45, 2.75) is 13.5 Å². The fourth-order valence-corrected chi connectivity index (χ4v) is 2.18. The van der Waals surface area contributed by atoms with Crippen molar-refractivity contribution in [2.24, 2.45) is 0 Å². The summed E-state index contributed by atoms with van der Waals surface area (Å²) in [5.41, 5.74) is 1.18. The predicted molar refractivity (Wildman–Crippen MR) is 91.5 cm³/mol. The third kappa shape index (κ3) is 4.11. The zero-order valence-corrected chi connectivity index (χ0v) is 13.8. The number of nitrogens with one attached hydrogen (secondary N) is 2. The van der Waals surface area contributed by atoms with Crippen molar-refractivity contribution in [1.82, 2.24) is 15.1 Å². The lowest BCUT2D eigenvalue weighted by molar-refractivity contribution is 0.102. The van der Waals surface area contributed by atoms with Gasteiger partial charge in [-0.2, -0.15) is 0 Å². The van der Waals surface area contributed by atoms with Gasteiger partial charge in [0.05, 0.1) is 19.5 Å². The minimum absolute atomic E-state index is 0.184. The number of methoxy groups -OCH3 is 1. The van der Waals surface area contributed by atoms with E-state index in [0.717, 1.165) is 11.3 Å². The summed E-state index contributed by atoms with van der Waals surface area (Å²) in [6.45, 7) is 2.27. The first-order valence-electron chi connectivity index (χ1n) is 7.58. The first-order chi connectivity index (χ1) is 12.2. The Morgan fingerprint density at radius 2 is 2.04 bits per heavy atom. The summed E-state index contributed by atoms with van der Waals surface area (Å²) >= 11 is 0. The van der Waals surface area contributed by atoms with Crippen LogP contribution in [-0.2, 0) is 6.54 Å². The highest BCUT2D eigenvalue weighted by atomic mass is 16.5. The molecule has 0 unspecified atom stereocenters. The Morgan fingerprint density at radius 3 is 2.72 bits per heavy atom. The Balaban J connectivity index is 1.61. The summed E-state index contributed by atoms with van der Waals surface area (Å²) in [4.78, 5) is 20.4. The maximum absolute atomic E-state index is 12.1. The van der Waals surface area contributed by atoms with Gasteiger partial charge in [-0.15, -0.1) is 0 Å². The van der Waals surface area contributed by atoms with Crippen LogP contribution in [0.3, 0.4) is 0 Å². The summed E-state index contributed by atoms with van der Waals surface area (Å²) in [5.74, 6) is 1.89. The lowest BCUT2D eigenvalue weighted by atomic mass is 10.2. The number of benzene rings is 1. The van der Waals surface area contributed by atoms with Crippen LogP contribution < -0.4 is 15.4 Å². The predicted octanol–water partition coefficient (Wildman–Crippen LogP) is 2.65. The van der Waals surface area contributed by atoms with E-state index in [1.807, 2.05) is 24.3 Å². The fraction of sp³-hybridized carbons (Fsp3) is 0.176. The van der Waals surface area contributed by atoms with Crippen molar-refractivity contribution in [2.75, 3.05) is 17.7 Å². The van der Waals surface area contributed by atoms with Crippen LogP contribution in [0.1, 0.15) is 21.8 Å². The van der Waals surface area contributed by atoms with Gasteiger partial charge in [0.1, 0.15) is 23.0 Å². The summed E-state index contributed by atoms with van der Waals surface area (Å²) < 4.78 is 10.2. The third-order valence-corrected chi connectivity index (χ3v) is 3.41. The lowest BCUT2D eigenvalue weighted by Gasteiger charge is -2.09. The minimum Gasteiger partial charge on any atom is -0.496 e. The minimum atomic E-state index is -0.405. The molecule has 0 bridgehead atoms. The highest BCUT2D eigenvalue weighted by Gasteiger charge is 2.11. The van der Waals surface area contributed by atoms with Crippen molar-refractivity contribution in [3.8, 4) is 5.75 Å². The van der Waals surface area contributed by atoms with Crippen molar-refractivity contribution in [1.29, 1.82) is 0 Å². The number of nitrogens with zero attached hydrogens (tertiary/aromatic N) is 3. The van der Waals surface area contributed by atoms with Crippen LogP contribution >= 0.6 is 0 Å². The van der Waals surface area contributed by atoms with Crippen molar-refractivity contribution in [3.63, 3.8) is 0 Å². The van der Waals surface area contributed by atoms with Crippen LogP contribution in [0.15, 0.2) is 47.2 Å². The molecule has 0 atom stereocenters. The summed E-state index contributed by atoms with van der Waals surface area (Å²) in [6, 6.07) is 9.31. The van der Waals surface area contributed by atoms with Crippen LogP contribution in [0, 0.1) is 6.92 Å². The molecular weight excluding hydrogens is 322 g/mol. The topological polar surface area (TPSA) is 102 Å². The number of ether oxygens (including phenoxy) is 1. The second-order valence-electron chi connectivity index (χ2n) is 5.23. The van der Waals surface area contributed by atoms with E-state index in [1.165, 1.54) is 12.4 Å². The number of hydrogen-bond donors (Lipinski definition) is 2. The van der Waals surface area contributed by atoms with E-state index in [2.05, 4.69) is 25.8 Å². The Morgan fingerprint density at radius 1 is 1.20 bits per heavy atom. The smallest absolute Gasteiger partial charge is 0.277 e. The molecule has 0 radical (unpaired) electrons. The van der Waals surface area contributed by atoms with Gasteiger partial charge in [0.2, 0.25) is 0 Å². The van der Waals surface area contributed by atoms with Gasteiger partial charge in [-0.3, -0.25) is 4.79 Å². The van der Waals surface area contributed by atoms with Crippen LogP contribution in [0.2, 0.25) is 0 Å². The summed E-state index contributed by atoms with van der Waals surface area (Å²) in [7, 11) is 1.63. The molecule has 25 heavy (non-hydrogen) atoms. The largest absolute Gasteiger partial charge is 0.496 e. The van der Waals surface area contributed by atoms with E-state index in [4.69, 9.17) is 9.26 Å². The quantitative estimate of drug-likeness (QED) is 0.711. The number of carbonyl (C=O) groups is 1. The van der Waals surface area contributed by atoms with Gasteiger partial charge in [0.25, 0.3) is 5.91 Å². The molecule has 0 spiro atoms.